The molecule has 3 atom stereocenters. The number of carboxylic acids is 1. The van der Waals surface area contributed by atoms with Crippen molar-refractivity contribution in [3.63, 3.8) is 0 Å². The maximum Gasteiger partial charge on any atom is 0.408 e. The number of nitrogens with one attached hydrogen (secondary N) is 2. The molecule has 0 bridgehead atoms. The number of alkyl carbamates (subject to hydrolysis) is 1. The molecule has 144 valence electrons. The second kappa shape index (κ2) is 10.4. The number of carboxylic acid groups (broad SMARTS) is 1. The third-order valence-corrected chi connectivity index (χ3v) is 4.20. The number of rotatable bonds is 9. The van der Waals surface area contributed by atoms with Gasteiger partial charge in [-0.05, 0) is 17.4 Å². The molecule has 26 heavy (non-hydrogen) atoms. The molecule has 0 aromatic heterocycles. The van der Waals surface area contributed by atoms with Crippen LogP contribution in [0, 0.1) is 11.8 Å². The number of amides is 2. The SMILES string of the molecule is CC[C@H](C)[C@H](NC(=O)[C@@H](NC(=O)OCc1ccccc1)C(C)C)C(=O)[O-]. The van der Waals surface area contributed by atoms with E-state index in [0.29, 0.717) is 6.42 Å². The Morgan fingerprint density at radius 1 is 1.04 bits per heavy atom. The maximum absolute atomic E-state index is 12.5. The number of ether oxygens (including phenoxy) is 1. The third-order valence-electron chi connectivity index (χ3n) is 4.20. The zero-order chi connectivity index (χ0) is 19.7. The molecular weight excluding hydrogens is 336 g/mol. The number of carbonyl (C=O) groups is 3. The summed E-state index contributed by atoms with van der Waals surface area (Å²) in [5, 5.41) is 16.2. The van der Waals surface area contributed by atoms with Gasteiger partial charge in [-0.15, -0.1) is 0 Å². The van der Waals surface area contributed by atoms with E-state index in [9.17, 15) is 19.5 Å². The van der Waals surface area contributed by atoms with Crippen LogP contribution in [0.3, 0.4) is 0 Å². The van der Waals surface area contributed by atoms with Crippen molar-refractivity contribution in [1.82, 2.24) is 10.6 Å². The molecule has 0 saturated carbocycles. The highest BCUT2D eigenvalue weighted by Gasteiger charge is 2.28. The van der Waals surface area contributed by atoms with Crippen LogP contribution >= 0.6 is 0 Å². The first-order chi connectivity index (χ1) is 12.3. The lowest BCUT2D eigenvalue weighted by atomic mass is 9.97. The standard InChI is InChI=1S/C19H28N2O5/c1-5-13(4)16(18(23)24)20-17(22)15(12(2)3)21-19(25)26-11-14-9-7-6-8-10-14/h6-10,12-13,15-16H,5,11H2,1-4H3,(H,20,22)(H,21,25)(H,23,24)/p-1/t13-,15-,16-/m0/s1. The highest BCUT2D eigenvalue weighted by Crippen LogP contribution is 2.10. The van der Waals surface area contributed by atoms with Gasteiger partial charge in [-0.3, -0.25) is 4.79 Å². The quantitative estimate of drug-likeness (QED) is 0.686. The molecule has 0 aliphatic heterocycles. The summed E-state index contributed by atoms with van der Waals surface area (Å²) in [5.41, 5.74) is 0.821. The smallest absolute Gasteiger partial charge is 0.408 e. The summed E-state index contributed by atoms with van der Waals surface area (Å²) in [7, 11) is 0. The number of carbonyl (C=O) groups excluding carboxylic acids is 3. The van der Waals surface area contributed by atoms with Crippen molar-refractivity contribution in [2.24, 2.45) is 11.8 Å². The van der Waals surface area contributed by atoms with Crippen molar-refractivity contribution in [2.75, 3.05) is 0 Å². The molecular formula is C19H27N2O5-. The van der Waals surface area contributed by atoms with Crippen LogP contribution in [0.15, 0.2) is 30.3 Å². The average Bonchev–Trinajstić information content (AvgIpc) is 2.61. The summed E-state index contributed by atoms with van der Waals surface area (Å²) in [5.74, 6) is -2.46. The largest absolute Gasteiger partial charge is 0.548 e. The van der Waals surface area contributed by atoms with Gasteiger partial charge in [0.25, 0.3) is 0 Å². The molecule has 0 spiro atoms. The first-order valence-electron chi connectivity index (χ1n) is 8.74. The zero-order valence-electron chi connectivity index (χ0n) is 15.7. The first-order valence-corrected chi connectivity index (χ1v) is 8.74. The van der Waals surface area contributed by atoms with Gasteiger partial charge in [0.1, 0.15) is 12.6 Å². The van der Waals surface area contributed by atoms with E-state index in [0.717, 1.165) is 5.56 Å². The molecule has 0 heterocycles. The fraction of sp³-hybridized carbons (Fsp3) is 0.526. The molecule has 0 unspecified atom stereocenters. The number of benzene rings is 1. The minimum atomic E-state index is -1.35. The van der Waals surface area contributed by atoms with Crippen LogP contribution in [0.5, 0.6) is 0 Å². The van der Waals surface area contributed by atoms with Gasteiger partial charge in [0.2, 0.25) is 5.91 Å². The van der Waals surface area contributed by atoms with E-state index in [2.05, 4.69) is 10.6 Å². The number of hydrogen-bond acceptors (Lipinski definition) is 5. The first kappa shape index (κ1) is 21.5. The molecule has 1 rings (SSSR count). The number of aliphatic carboxylic acids is 1. The molecule has 2 amide bonds. The van der Waals surface area contributed by atoms with E-state index < -0.39 is 30.1 Å². The fourth-order valence-electron chi connectivity index (χ4n) is 2.34. The Kier molecular flexibility index (Phi) is 8.61. The van der Waals surface area contributed by atoms with Crippen LogP contribution in [0.4, 0.5) is 4.79 Å². The van der Waals surface area contributed by atoms with Gasteiger partial charge in [-0.25, -0.2) is 4.79 Å². The Morgan fingerprint density at radius 3 is 2.15 bits per heavy atom. The summed E-state index contributed by atoms with van der Waals surface area (Å²) >= 11 is 0. The Bertz CT molecular complexity index is 603. The van der Waals surface area contributed by atoms with Crippen LogP contribution in [-0.4, -0.2) is 30.1 Å². The van der Waals surface area contributed by atoms with Crippen LogP contribution in [-0.2, 0) is 20.9 Å². The predicted octanol–water partition coefficient (Wildman–Crippen LogP) is 1.22. The second-order valence-corrected chi connectivity index (χ2v) is 6.62. The highest BCUT2D eigenvalue weighted by molar-refractivity contribution is 5.89. The van der Waals surface area contributed by atoms with Gasteiger partial charge in [-0.2, -0.15) is 0 Å². The fourth-order valence-corrected chi connectivity index (χ4v) is 2.34. The lowest BCUT2D eigenvalue weighted by molar-refractivity contribution is -0.309. The Labute approximate surface area is 154 Å². The summed E-state index contributed by atoms with van der Waals surface area (Å²) < 4.78 is 5.12. The topological polar surface area (TPSA) is 108 Å². The van der Waals surface area contributed by atoms with E-state index in [-0.39, 0.29) is 18.4 Å². The molecule has 7 nitrogen and oxygen atoms in total. The summed E-state index contributed by atoms with van der Waals surface area (Å²) in [6.07, 6.45) is -0.172. The van der Waals surface area contributed by atoms with Gasteiger partial charge < -0.3 is 25.3 Å². The number of hydrogen-bond donors (Lipinski definition) is 2. The van der Waals surface area contributed by atoms with Crippen LogP contribution in [0.2, 0.25) is 0 Å². The predicted molar refractivity (Wildman–Crippen MR) is 94.8 cm³/mol. The molecule has 1 aromatic rings. The van der Waals surface area contributed by atoms with Gasteiger partial charge >= 0.3 is 6.09 Å². The highest BCUT2D eigenvalue weighted by atomic mass is 16.5. The molecule has 0 aliphatic rings. The molecule has 0 radical (unpaired) electrons. The summed E-state index contributed by atoms with van der Waals surface area (Å²) in [6, 6.07) is 7.12. The lowest BCUT2D eigenvalue weighted by Crippen LogP contribution is -2.57. The molecule has 0 aliphatic carbocycles. The maximum atomic E-state index is 12.5. The van der Waals surface area contributed by atoms with Crippen LogP contribution in [0.1, 0.15) is 39.7 Å². The zero-order valence-corrected chi connectivity index (χ0v) is 15.7. The van der Waals surface area contributed by atoms with Gasteiger partial charge in [-0.1, -0.05) is 64.4 Å². The summed E-state index contributed by atoms with van der Waals surface area (Å²) in [6.45, 7) is 7.12. The van der Waals surface area contributed by atoms with Gasteiger partial charge in [0.15, 0.2) is 0 Å². The van der Waals surface area contributed by atoms with Crippen molar-refractivity contribution in [3.8, 4) is 0 Å². The van der Waals surface area contributed by atoms with Crippen LogP contribution < -0.4 is 15.7 Å². The summed E-state index contributed by atoms with van der Waals surface area (Å²) in [4.78, 5) is 35.7. The lowest BCUT2D eigenvalue weighted by Gasteiger charge is -2.29. The normalized spacial score (nSPS) is 14.2. The van der Waals surface area contributed by atoms with Crippen molar-refractivity contribution < 1.29 is 24.2 Å². The molecule has 7 heteroatoms. The Morgan fingerprint density at radius 2 is 1.65 bits per heavy atom. The molecule has 1 aromatic carbocycles. The minimum absolute atomic E-state index is 0.0770. The third kappa shape index (κ3) is 6.74. The molecule has 2 N–H and O–H groups in total. The van der Waals surface area contributed by atoms with E-state index in [1.54, 1.807) is 20.8 Å². The monoisotopic (exact) mass is 363 g/mol. The van der Waals surface area contributed by atoms with E-state index in [4.69, 9.17) is 4.74 Å². The Hall–Kier alpha value is -2.57. The van der Waals surface area contributed by atoms with Crippen molar-refractivity contribution in [1.29, 1.82) is 0 Å². The van der Waals surface area contributed by atoms with Crippen molar-refractivity contribution >= 4 is 18.0 Å². The molecule has 0 fully saturated rings. The van der Waals surface area contributed by atoms with Crippen molar-refractivity contribution in [2.45, 2.75) is 52.8 Å². The average molecular weight is 363 g/mol. The van der Waals surface area contributed by atoms with E-state index in [1.807, 2.05) is 37.3 Å². The molecule has 0 saturated heterocycles. The Balaban J connectivity index is 2.67. The van der Waals surface area contributed by atoms with Crippen molar-refractivity contribution in [3.05, 3.63) is 35.9 Å². The van der Waals surface area contributed by atoms with E-state index >= 15 is 0 Å². The van der Waals surface area contributed by atoms with Crippen LogP contribution in [0.25, 0.3) is 0 Å². The van der Waals surface area contributed by atoms with E-state index in [1.165, 1.54) is 0 Å². The van der Waals surface area contributed by atoms with Gasteiger partial charge in [0, 0.05) is 0 Å². The second-order valence-electron chi connectivity index (χ2n) is 6.62. The van der Waals surface area contributed by atoms with Gasteiger partial charge in [0.05, 0.1) is 12.0 Å². The minimum Gasteiger partial charge on any atom is -0.548 e.